The SMILES string of the molecule is CC(C)CN1C[C@H](OCc2cccc(F)c2)CN(C(=O)Cc2cccnc2)CC1=O. The van der Waals surface area contributed by atoms with Crippen molar-refractivity contribution in [3.63, 3.8) is 0 Å². The lowest BCUT2D eigenvalue weighted by Gasteiger charge is -2.26. The van der Waals surface area contributed by atoms with E-state index in [0.29, 0.717) is 31.1 Å². The molecule has 1 saturated heterocycles. The second kappa shape index (κ2) is 10.3. The van der Waals surface area contributed by atoms with Gasteiger partial charge in [0.2, 0.25) is 11.8 Å². The number of rotatable bonds is 7. The van der Waals surface area contributed by atoms with E-state index >= 15 is 0 Å². The van der Waals surface area contributed by atoms with Crippen LogP contribution in [0, 0.1) is 11.7 Å². The molecule has 0 aliphatic carbocycles. The minimum Gasteiger partial charge on any atom is -0.370 e. The van der Waals surface area contributed by atoms with Crippen molar-refractivity contribution in [3.8, 4) is 0 Å². The lowest BCUT2D eigenvalue weighted by atomic mass is 10.2. The van der Waals surface area contributed by atoms with E-state index in [0.717, 1.165) is 5.56 Å². The molecule has 0 bridgehead atoms. The van der Waals surface area contributed by atoms with E-state index in [4.69, 9.17) is 4.74 Å². The Hall–Kier alpha value is -2.80. The Morgan fingerprint density at radius 3 is 2.73 bits per heavy atom. The molecule has 0 N–H and O–H groups in total. The summed E-state index contributed by atoms with van der Waals surface area (Å²) in [6.45, 7) is 5.67. The van der Waals surface area contributed by atoms with Gasteiger partial charge in [0.25, 0.3) is 0 Å². The Bertz CT molecular complexity index is 860. The van der Waals surface area contributed by atoms with Gasteiger partial charge >= 0.3 is 0 Å². The summed E-state index contributed by atoms with van der Waals surface area (Å²) in [6, 6.07) is 9.87. The van der Waals surface area contributed by atoms with E-state index in [1.165, 1.54) is 12.1 Å². The van der Waals surface area contributed by atoms with Crippen LogP contribution >= 0.6 is 0 Å². The first-order valence-electron chi connectivity index (χ1n) is 10.2. The molecule has 1 aliphatic rings. The normalized spacial score (nSPS) is 17.3. The molecule has 6 nitrogen and oxygen atoms in total. The third-order valence-electron chi connectivity index (χ3n) is 4.92. The number of hydrogen-bond donors (Lipinski definition) is 0. The number of hydrogen-bond acceptors (Lipinski definition) is 4. The van der Waals surface area contributed by atoms with Gasteiger partial charge in [-0.3, -0.25) is 14.6 Å². The van der Waals surface area contributed by atoms with Crippen LogP contribution in [0.15, 0.2) is 48.8 Å². The molecule has 1 aromatic carbocycles. The third-order valence-corrected chi connectivity index (χ3v) is 4.92. The Kier molecular flexibility index (Phi) is 7.52. The van der Waals surface area contributed by atoms with Gasteiger partial charge in [0.15, 0.2) is 0 Å². The van der Waals surface area contributed by atoms with Crippen molar-refractivity contribution in [3.05, 3.63) is 65.7 Å². The molecule has 3 rings (SSSR count). The summed E-state index contributed by atoms with van der Waals surface area (Å²) in [5, 5.41) is 0. The standard InChI is InChI=1S/C23H28FN3O3/c1-17(2)12-26-13-21(30-16-19-5-3-7-20(24)9-19)14-27(15-23(26)29)22(28)10-18-6-4-8-25-11-18/h3-9,11,17,21H,10,12-16H2,1-2H3/t21-/m0/s1. The second-order valence-electron chi connectivity index (χ2n) is 8.07. The van der Waals surface area contributed by atoms with Crippen LogP contribution in [0.5, 0.6) is 0 Å². The van der Waals surface area contributed by atoms with Crippen molar-refractivity contribution in [2.45, 2.75) is 33.0 Å². The van der Waals surface area contributed by atoms with E-state index in [1.807, 2.05) is 19.9 Å². The fourth-order valence-corrected chi connectivity index (χ4v) is 3.52. The Morgan fingerprint density at radius 2 is 2.03 bits per heavy atom. The minimum atomic E-state index is -0.351. The second-order valence-corrected chi connectivity index (χ2v) is 8.07. The summed E-state index contributed by atoms with van der Waals surface area (Å²) >= 11 is 0. The molecule has 2 amide bonds. The number of ether oxygens (including phenoxy) is 1. The first-order chi connectivity index (χ1) is 14.4. The fraction of sp³-hybridized carbons (Fsp3) is 0.435. The molecule has 0 radical (unpaired) electrons. The first-order valence-corrected chi connectivity index (χ1v) is 10.2. The third kappa shape index (κ3) is 6.35. The summed E-state index contributed by atoms with van der Waals surface area (Å²) < 4.78 is 19.5. The van der Waals surface area contributed by atoms with Crippen LogP contribution in [0.3, 0.4) is 0 Å². The predicted molar refractivity (Wildman–Crippen MR) is 111 cm³/mol. The maximum atomic E-state index is 13.5. The summed E-state index contributed by atoms with van der Waals surface area (Å²) in [4.78, 5) is 33.0. The van der Waals surface area contributed by atoms with Gasteiger partial charge in [0.1, 0.15) is 5.82 Å². The predicted octanol–water partition coefficient (Wildman–Crippen LogP) is 2.68. The zero-order chi connectivity index (χ0) is 21.5. The molecular weight excluding hydrogens is 385 g/mol. The smallest absolute Gasteiger partial charge is 0.242 e. The number of halogens is 1. The Labute approximate surface area is 176 Å². The van der Waals surface area contributed by atoms with Gasteiger partial charge in [-0.25, -0.2) is 4.39 Å². The van der Waals surface area contributed by atoms with Crippen LogP contribution < -0.4 is 0 Å². The quantitative estimate of drug-likeness (QED) is 0.700. The first kappa shape index (κ1) is 21.9. The van der Waals surface area contributed by atoms with Crippen LogP contribution in [0.1, 0.15) is 25.0 Å². The van der Waals surface area contributed by atoms with Crippen molar-refractivity contribution in [2.75, 3.05) is 26.2 Å². The Balaban J connectivity index is 1.71. The average Bonchev–Trinajstić information content (AvgIpc) is 2.86. The van der Waals surface area contributed by atoms with Gasteiger partial charge in [0, 0.05) is 32.0 Å². The van der Waals surface area contributed by atoms with Gasteiger partial charge in [-0.1, -0.05) is 32.0 Å². The van der Waals surface area contributed by atoms with Gasteiger partial charge in [-0.05, 0) is 35.2 Å². The molecule has 2 aromatic rings. The fourth-order valence-electron chi connectivity index (χ4n) is 3.52. The topological polar surface area (TPSA) is 62.7 Å². The number of carbonyl (C=O) groups is 2. The van der Waals surface area contributed by atoms with Crippen LogP contribution in [0.25, 0.3) is 0 Å². The van der Waals surface area contributed by atoms with Crippen molar-refractivity contribution < 1.29 is 18.7 Å². The number of amides is 2. The number of nitrogens with zero attached hydrogens (tertiary/aromatic N) is 3. The molecule has 2 heterocycles. The maximum Gasteiger partial charge on any atom is 0.242 e. The highest BCUT2D eigenvalue weighted by molar-refractivity contribution is 5.86. The maximum absolute atomic E-state index is 13.5. The van der Waals surface area contributed by atoms with Gasteiger partial charge in [0.05, 0.1) is 25.7 Å². The number of carbonyl (C=O) groups excluding carboxylic acids is 2. The molecule has 7 heteroatoms. The highest BCUT2D eigenvalue weighted by Gasteiger charge is 2.31. The van der Waals surface area contributed by atoms with Crippen LogP contribution in [-0.4, -0.2) is 58.9 Å². The van der Waals surface area contributed by atoms with E-state index < -0.39 is 0 Å². The molecule has 1 aliphatic heterocycles. The van der Waals surface area contributed by atoms with Gasteiger partial charge in [-0.15, -0.1) is 0 Å². The Morgan fingerprint density at radius 1 is 1.23 bits per heavy atom. The summed E-state index contributed by atoms with van der Waals surface area (Å²) in [5.41, 5.74) is 1.52. The van der Waals surface area contributed by atoms with Crippen LogP contribution in [-0.2, 0) is 27.4 Å². The monoisotopic (exact) mass is 413 g/mol. The lowest BCUT2D eigenvalue weighted by molar-refractivity contribution is -0.138. The van der Waals surface area contributed by atoms with E-state index in [2.05, 4.69) is 4.98 Å². The van der Waals surface area contributed by atoms with Crippen LogP contribution in [0.4, 0.5) is 4.39 Å². The van der Waals surface area contributed by atoms with Crippen molar-refractivity contribution >= 4 is 11.8 Å². The molecule has 0 saturated carbocycles. The molecule has 1 fully saturated rings. The molecule has 0 spiro atoms. The zero-order valence-corrected chi connectivity index (χ0v) is 17.5. The van der Waals surface area contributed by atoms with Crippen molar-refractivity contribution in [2.24, 2.45) is 5.92 Å². The summed E-state index contributed by atoms with van der Waals surface area (Å²) in [6.07, 6.45) is 3.14. The van der Waals surface area contributed by atoms with Crippen molar-refractivity contribution in [1.82, 2.24) is 14.8 Å². The zero-order valence-electron chi connectivity index (χ0n) is 17.5. The highest BCUT2D eigenvalue weighted by atomic mass is 19.1. The van der Waals surface area contributed by atoms with E-state index in [1.54, 1.807) is 40.4 Å². The van der Waals surface area contributed by atoms with Crippen LogP contribution in [0.2, 0.25) is 0 Å². The van der Waals surface area contributed by atoms with Gasteiger partial charge < -0.3 is 14.5 Å². The average molecular weight is 413 g/mol. The lowest BCUT2D eigenvalue weighted by Crippen LogP contribution is -2.41. The largest absolute Gasteiger partial charge is 0.370 e. The molecule has 160 valence electrons. The molecule has 1 atom stereocenters. The van der Waals surface area contributed by atoms with E-state index in [9.17, 15) is 14.0 Å². The summed E-state index contributed by atoms with van der Waals surface area (Å²) in [7, 11) is 0. The highest BCUT2D eigenvalue weighted by Crippen LogP contribution is 2.15. The molecule has 1 aromatic heterocycles. The van der Waals surface area contributed by atoms with Gasteiger partial charge in [-0.2, -0.15) is 0 Å². The molecule has 0 unspecified atom stereocenters. The molecule has 30 heavy (non-hydrogen) atoms. The van der Waals surface area contributed by atoms with Crippen molar-refractivity contribution in [1.29, 1.82) is 0 Å². The minimum absolute atomic E-state index is 0.0334. The number of benzene rings is 1. The molecular formula is C23H28FN3O3. The summed E-state index contributed by atoms with van der Waals surface area (Å²) in [5.74, 6) is -0.237. The number of pyridine rings is 1. The number of aromatic nitrogens is 1. The van der Waals surface area contributed by atoms with E-state index in [-0.39, 0.29) is 43.3 Å².